The molecule has 12 nitrogen and oxygen atoms in total. The molecule has 15 heteroatoms. The average molecular weight is 733 g/mol. The molecule has 278 valence electrons. The van der Waals surface area contributed by atoms with E-state index in [0.717, 1.165) is 34.9 Å². The van der Waals surface area contributed by atoms with Gasteiger partial charge in [0.25, 0.3) is 16.0 Å². The van der Waals surface area contributed by atoms with Crippen molar-refractivity contribution in [2.24, 2.45) is 17.3 Å². The van der Waals surface area contributed by atoms with E-state index >= 15 is 4.39 Å². The van der Waals surface area contributed by atoms with E-state index in [1.165, 1.54) is 11.8 Å². The number of amides is 2. The van der Waals surface area contributed by atoms with Gasteiger partial charge in [-0.3, -0.25) is 8.98 Å². The highest BCUT2D eigenvalue weighted by atomic mass is 32.2. The van der Waals surface area contributed by atoms with Crippen LogP contribution in [0.15, 0.2) is 54.7 Å². The van der Waals surface area contributed by atoms with Crippen molar-refractivity contribution in [2.45, 2.75) is 71.4 Å². The van der Waals surface area contributed by atoms with Gasteiger partial charge in [0.1, 0.15) is 29.7 Å². The largest absolute Gasteiger partial charge is 0.465 e. The Morgan fingerprint density at radius 2 is 1.78 bits per heavy atom. The first-order valence-electron chi connectivity index (χ1n) is 16.9. The van der Waals surface area contributed by atoms with Gasteiger partial charge in [-0.05, 0) is 54.9 Å². The van der Waals surface area contributed by atoms with Gasteiger partial charge >= 0.3 is 6.09 Å². The Kier molecular flexibility index (Phi) is 11.5. The van der Waals surface area contributed by atoms with Crippen molar-refractivity contribution in [3.05, 3.63) is 77.8 Å². The van der Waals surface area contributed by atoms with Crippen molar-refractivity contribution in [3.63, 3.8) is 0 Å². The third kappa shape index (κ3) is 8.94. The minimum Gasteiger partial charge on any atom is -0.465 e. The van der Waals surface area contributed by atoms with Crippen molar-refractivity contribution in [1.29, 1.82) is 0 Å². The first-order chi connectivity index (χ1) is 23.9. The van der Waals surface area contributed by atoms with Crippen LogP contribution in [0, 0.1) is 28.9 Å². The molecule has 2 N–H and O–H groups in total. The predicted molar refractivity (Wildman–Crippen MR) is 184 cm³/mol. The zero-order chi connectivity index (χ0) is 37.2. The van der Waals surface area contributed by atoms with Crippen LogP contribution >= 0.6 is 0 Å². The van der Waals surface area contributed by atoms with E-state index in [4.69, 9.17) is 13.9 Å². The molecule has 0 radical (unpaired) electrons. The molecule has 2 aliphatic heterocycles. The molecule has 0 saturated carbocycles. The molecule has 2 fully saturated rings. The van der Waals surface area contributed by atoms with Crippen molar-refractivity contribution < 1.29 is 45.9 Å². The van der Waals surface area contributed by atoms with E-state index in [9.17, 15) is 32.6 Å². The van der Waals surface area contributed by atoms with Gasteiger partial charge in [-0.1, -0.05) is 51.1 Å². The normalized spacial score (nSPS) is 21.4. The number of halogens is 2. The summed E-state index contributed by atoms with van der Waals surface area (Å²) < 4.78 is 67.7. The third-order valence-corrected chi connectivity index (χ3v) is 10.2. The number of aliphatic hydroxyl groups is 1. The fraction of sp³-hybridized carbons (Fsp3) is 0.528. The molecule has 51 heavy (non-hydrogen) atoms. The van der Waals surface area contributed by atoms with Gasteiger partial charge in [-0.15, -0.1) is 0 Å². The summed E-state index contributed by atoms with van der Waals surface area (Å²) in [6.45, 7) is 7.30. The Hall–Kier alpha value is -3.92. The minimum absolute atomic E-state index is 0.0792. The number of nitrogens with zero attached hydrogens (tertiary/aromatic N) is 4. The van der Waals surface area contributed by atoms with Gasteiger partial charge in [-0.2, -0.15) is 8.42 Å². The van der Waals surface area contributed by atoms with Crippen LogP contribution in [-0.4, -0.2) is 101 Å². The zero-order valence-electron chi connectivity index (χ0n) is 29.4. The lowest BCUT2D eigenvalue weighted by Crippen LogP contribution is -2.53. The van der Waals surface area contributed by atoms with E-state index < -0.39 is 69.4 Å². The maximum Gasteiger partial charge on any atom is 0.407 e. The molecule has 5 rings (SSSR count). The smallest absolute Gasteiger partial charge is 0.407 e. The van der Waals surface area contributed by atoms with Crippen molar-refractivity contribution >= 4 is 22.1 Å². The molecule has 0 aliphatic carbocycles. The number of aliphatic hydroxyl groups excluding tert-OH is 1. The molecule has 3 aromatic rings. The standard InChI is InChI=1S/C36H46F2N4O8S/c1-22(43)34(44)41(19-27-30(50-51(5,47)48)21-42(35(45)46)32(27)36(2,3)4)31(24-13-15-49-16-14-24)33-39-29(26-17-25(37)11-12-28(26)38)20-40(33)18-23-9-7-6-8-10-23/h6-12,17,20,22,24,27,30-32,43H,13-16,18-19,21H2,1-5H3,(H,45,46)/t22?,27-,30+,31+,32?/m0/s1. The Labute approximate surface area is 297 Å². The second-order valence-electron chi connectivity index (χ2n) is 14.5. The number of ether oxygens (including phenoxy) is 1. The molecular weight excluding hydrogens is 686 g/mol. The van der Waals surface area contributed by atoms with Crippen LogP contribution < -0.4 is 0 Å². The first-order valence-corrected chi connectivity index (χ1v) is 18.8. The number of rotatable bonds is 11. The van der Waals surface area contributed by atoms with Crippen LogP contribution in [0.5, 0.6) is 0 Å². The Bertz CT molecular complexity index is 1810. The molecule has 2 aromatic carbocycles. The molecule has 2 unspecified atom stereocenters. The second kappa shape index (κ2) is 15.4. The van der Waals surface area contributed by atoms with Gasteiger partial charge in [0.05, 0.1) is 24.5 Å². The summed E-state index contributed by atoms with van der Waals surface area (Å²) in [5.74, 6) is -2.88. The Morgan fingerprint density at radius 3 is 2.37 bits per heavy atom. The van der Waals surface area contributed by atoms with Crippen LogP contribution in [0.1, 0.15) is 58.0 Å². The summed E-state index contributed by atoms with van der Waals surface area (Å²) >= 11 is 0. The van der Waals surface area contributed by atoms with E-state index in [1.807, 2.05) is 51.1 Å². The fourth-order valence-electron chi connectivity index (χ4n) is 7.57. The molecule has 2 saturated heterocycles. The van der Waals surface area contributed by atoms with Crippen molar-refractivity contribution in [3.8, 4) is 11.3 Å². The number of aromatic nitrogens is 2. The summed E-state index contributed by atoms with van der Waals surface area (Å²) in [6, 6.07) is 10.8. The molecule has 5 atom stereocenters. The number of likely N-dealkylation sites (tertiary alicyclic amines) is 1. The number of carbonyl (C=O) groups excluding carboxylic acids is 1. The monoisotopic (exact) mass is 732 g/mol. The highest BCUT2D eigenvalue weighted by molar-refractivity contribution is 7.86. The predicted octanol–water partition coefficient (Wildman–Crippen LogP) is 4.92. The second-order valence-corrected chi connectivity index (χ2v) is 16.1. The summed E-state index contributed by atoms with van der Waals surface area (Å²) in [4.78, 5) is 34.4. The summed E-state index contributed by atoms with van der Waals surface area (Å²) in [7, 11) is -4.07. The average Bonchev–Trinajstić information content (AvgIpc) is 3.63. The van der Waals surface area contributed by atoms with Gasteiger partial charge in [0.15, 0.2) is 0 Å². The van der Waals surface area contributed by atoms with Crippen molar-refractivity contribution in [2.75, 3.05) is 32.6 Å². The van der Waals surface area contributed by atoms with Gasteiger partial charge < -0.3 is 29.3 Å². The van der Waals surface area contributed by atoms with E-state index in [0.29, 0.717) is 31.9 Å². The highest BCUT2D eigenvalue weighted by Gasteiger charge is 2.53. The van der Waals surface area contributed by atoms with E-state index in [-0.39, 0.29) is 36.8 Å². The maximum absolute atomic E-state index is 15.2. The molecule has 0 bridgehead atoms. The fourth-order valence-corrected chi connectivity index (χ4v) is 8.22. The zero-order valence-corrected chi connectivity index (χ0v) is 30.2. The van der Waals surface area contributed by atoms with E-state index in [2.05, 4.69) is 0 Å². The molecule has 3 heterocycles. The Morgan fingerprint density at radius 1 is 1.12 bits per heavy atom. The summed E-state index contributed by atoms with van der Waals surface area (Å²) in [5, 5.41) is 21.1. The molecule has 2 aliphatic rings. The number of hydrogen-bond donors (Lipinski definition) is 2. The van der Waals surface area contributed by atoms with Crippen LogP contribution in [0.3, 0.4) is 0 Å². The number of imidazole rings is 1. The number of carboxylic acid groups (broad SMARTS) is 1. The molecule has 2 amide bonds. The van der Waals surface area contributed by atoms with Crippen LogP contribution in [0.25, 0.3) is 11.3 Å². The highest BCUT2D eigenvalue weighted by Crippen LogP contribution is 2.43. The summed E-state index contributed by atoms with van der Waals surface area (Å²) in [5.41, 5.74) is 0.178. The van der Waals surface area contributed by atoms with Gasteiger partial charge in [0.2, 0.25) is 0 Å². The molecule has 0 spiro atoms. The summed E-state index contributed by atoms with van der Waals surface area (Å²) in [6.07, 6.45) is -0.481. The number of carbonyl (C=O) groups is 2. The van der Waals surface area contributed by atoms with Crippen LogP contribution in [0.2, 0.25) is 0 Å². The quantitative estimate of drug-likeness (QED) is 0.262. The third-order valence-electron chi connectivity index (χ3n) is 9.60. The Balaban J connectivity index is 1.72. The first kappa shape index (κ1) is 38.3. The number of hydrogen-bond acceptors (Lipinski definition) is 8. The SMILES string of the molecule is CC(O)C(=O)N(C[C@@H]1C(C(C)(C)C)N(C(=O)O)C[C@H]1OS(C)(=O)=O)[C@@H](c1nc(-c2cc(F)ccc2F)cn1Cc1ccccc1)C1CCOCC1. The van der Waals surface area contributed by atoms with E-state index in [1.54, 1.807) is 10.8 Å². The minimum atomic E-state index is -4.07. The lowest BCUT2D eigenvalue weighted by atomic mass is 9.78. The molecular formula is C36H46F2N4O8S. The number of benzene rings is 2. The topological polar surface area (TPSA) is 151 Å². The lowest BCUT2D eigenvalue weighted by Gasteiger charge is -2.43. The van der Waals surface area contributed by atoms with Gasteiger partial charge in [-0.25, -0.2) is 18.6 Å². The molecule has 1 aromatic heterocycles. The van der Waals surface area contributed by atoms with Gasteiger partial charge in [0, 0.05) is 50.0 Å². The van der Waals surface area contributed by atoms with Crippen molar-refractivity contribution in [1.82, 2.24) is 19.4 Å². The van der Waals surface area contributed by atoms with Crippen LogP contribution in [-0.2, 0) is 30.4 Å². The van der Waals surface area contributed by atoms with Crippen LogP contribution in [0.4, 0.5) is 13.6 Å². The maximum atomic E-state index is 15.2. The lowest BCUT2D eigenvalue weighted by molar-refractivity contribution is -0.146.